The van der Waals surface area contributed by atoms with E-state index in [2.05, 4.69) is 16.4 Å². The minimum Gasteiger partial charge on any atom is -0.380 e. The molecule has 0 spiro atoms. The van der Waals surface area contributed by atoms with E-state index in [9.17, 15) is 9.18 Å². The van der Waals surface area contributed by atoms with Crippen LogP contribution in [0.1, 0.15) is 28.0 Å². The number of hydrogen-bond acceptors (Lipinski definition) is 3. The standard InChI is InChI=1S/C22H20FN3O/c23-18-9-7-16(8-10-18)14-24-19-11-12-20(25-15-19)22(27)26-13-3-5-17-4-1-2-6-21(17)26/h1-2,4,6-12,15,24H,3,5,13-14H2. The van der Waals surface area contributed by atoms with E-state index in [1.165, 1.54) is 17.7 Å². The summed E-state index contributed by atoms with van der Waals surface area (Å²) in [4.78, 5) is 19.0. The van der Waals surface area contributed by atoms with Crippen LogP contribution < -0.4 is 10.2 Å². The highest BCUT2D eigenvalue weighted by Crippen LogP contribution is 2.27. The fraction of sp³-hybridized carbons (Fsp3) is 0.182. The van der Waals surface area contributed by atoms with E-state index in [-0.39, 0.29) is 11.7 Å². The molecule has 1 aliphatic heterocycles. The van der Waals surface area contributed by atoms with Gasteiger partial charge in [0.2, 0.25) is 0 Å². The summed E-state index contributed by atoms with van der Waals surface area (Å²) in [6, 6.07) is 18.0. The van der Waals surface area contributed by atoms with Crippen LogP contribution in [-0.4, -0.2) is 17.4 Å². The molecule has 2 aromatic carbocycles. The predicted octanol–water partition coefficient (Wildman–Crippen LogP) is 4.43. The van der Waals surface area contributed by atoms with Crippen molar-refractivity contribution in [3.8, 4) is 0 Å². The molecule has 1 aromatic heterocycles. The normalized spacial score (nSPS) is 13.1. The van der Waals surface area contributed by atoms with E-state index in [0.717, 1.165) is 29.8 Å². The molecular weight excluding hydrogens is 341 g/mol. The van der Waals surface area contributed by atoms with Gasteiger partial charge in [-0.1, -0.05) is 30.3 Å². The number of pyridine rings is 1. The number of rotatable bonds is 4. The first-order valence-electron chi connectivity index (χ1n) is 9.05. The van der Waals surface area contributed by atoms with Gasteiger partial charge in [0.25, 0.3) is 5.91 Å². The largest absolute Gasteiger partial charge is 0.380 e. The van der Waals surface area contributed by atoms with Crippen LogP contribution in [0.3, 0.4) is 0 Å². The number of anilines is 2. The van der Waals surface area contributed by atoms with Crippen molar-refractivity contribution >= 4 is 17.3 Å². The highest BCUT2D eigenvalue weighted by molar-refractivity contribution is 6.05. The van der Waals surface area contributed by atoms with Crippen LogP contribution in [0.25, 0.3) is 0 Å². The molecule has 0 unspecified atom stereocenters. The summed E-state index contributed by atoms with van der Waals surface area (Å²) in [5, 5.41) is 3.23. The molecule has 4 rings (SSSR count). The molecule has 136 valence electrons. The lowest BCUT2D eigenvalue weighted by Gasteiger charge is -2.29. The van der Waals surface area contributed by atoms with E-state index < -0.39 is 0 Å². The Morgan fingerprint density at radius 2 is 1.89 bits per heavy atom. The van der Waals surface area contributed by atoms with Crippen molar-refractivity contribution in [3.63, 3.8) is 0 Å². The maximum atomic E-state index is 12.9. The van der Waals surface area contributed by atoms with Crippen molar-refractivity contribution in [1.29, 1.82) is 0 Å². The second kappa shape index (κ2) is 7.58. The molecular formula is C22H20FN3O. The molecule has 0 atom stereocenters. The van der Waals surface area contributed by atoms with Gasteiger partial charge in [0.1, 0.15) is 11.5 Å². The number of fused-ring (bicyclic) bond motifs is 1. The van der Waals surface area contributed by atoms with Crippen molar-refractivity contribution in [3.05, 3.63) is 89.5 Å². The smallest absolute Gasteiger partial charge is 0.276 e. The lowest BCUT2D eigenvalue weighted by molar-refractivity contribution is 0.0980. The van der Waals surface area contributed by atoms with Gasteiger partial charge in [0, 0.05) is 18.8 Å². The fourth-order valence-electron chi connectivity index (χ4n) is 3.31. The summed E-state index contributed by atoms with van der Waals surface area (Å²) in [5.41, 5.74) is 4.40. The molecule has 0 fully saturated rings. The average Bonchev–Trinajstić information content (AvgIpc) is 2.73. The van der Waals surface area contributed by atoms with Crippen molar-refractivity contribution in [2.75, 3.05) is 16.8 Å². The zero-order valence-corrected chi connectivity index (χ0v) is 14.9. The molecule has 1 N–H and O–H groups in total. The molecule has 2 heterocycles. The number of nitrogens with one attached hydrogen (secondary N) is 1. The highest BCUT2D eigenvalue weighted by Gasteiger charge is 2.23. The van der Waals surface area contributed by atoms with Gasteiger partial charge in [-0.25, -0.2) is 9.37 Å². The number of carbonyl (C=O) groups excluding carboxylic acids is 1. The summed E-state index contributed by atoms with van der Waals surface area (Å²) in [5.74, 6) is -0.324. The second-order valence-corrected chi connectivity index (χ2v) is 6.60. The SMILES string of the molecule is O=C(c1ccc(NCc2ccc(F)cc2)cn1)N1CCCc2ccccc21. The fourth-order valence-corrected chi connectivity index (χ4v) is 3.31. The molecule has 0 radical (unpaired) electrons. The zero-order chi connectivity index (χ0) is 18.6. The number of benzene rings is 2. The van der Waals surface area contributed by atoms with Gasteiger partial charge < -0.3 is 10.2 Å². The number of aromatic nitrogens is 1. The number of hydrogen-bond donors (Lipinski definition) is 1. The Balaban J connectivity index is 1.44. The lowest BCUT2D eigenvalue weighted by Crippen LogP contribution is -2.35. The minimum atomic E-state index is -0.248. The van der Waals surface area contributed by atoms with E-state index in [0.29, 0.717) is 18.8 Å². The third-order valence-electron chi connectivity index (χ3n) is 4.75. The van der Waals surface area contributed by atoms with Crippen molar-refractivity contribution in [1.82, 2.24) is 4.98 Å². The third kappa shape index (κ3) is 3.82. The first-order chi connectivity index (χ1) is 13.2. The quantitative estimate of drug-likeness (QED) is 0.748. The Morgan fingerprint density at radius 3 is 2.67 bits per heavy atom. The number of carbonyl (C=O) groups is 1. The number of para-hydroxylation sites is 1. The Kier molecular flexibility index (Phi) is 4.83. The molecule has 1 amide bonds. The molecule has 1 aliphatic rings. The van der Waals surface area contributed by atoms with Crippen LogP contribution in [0.5, 0.6) is 0 Å². The van der Waals surface area contributed by atoms with Crippen LogP contribution in [0.2, 0.25) is 0 Å². The number of nitrogens with zero attached hydrogens (tertiary/aromatic N) is 2. The summed E-state index contributed by atoms with van der Waals surface area (Å²) in [7, 11) is 0. The first-order valence-corrected chi connectivity index (χ1v) is 9.05. The van der Waals surface area contributed by atoms with E-state index in [4.69, 9.17) is 0 Å². The van der Waals surface area contributed by atoms with Crippen LogP contribution in [0, 0.1) is 5.82 Å². The van der Waals surface area contributed by atoms with Crippen molar-refractivity contribution in [2.24, 2.45) is 0 Å². The lowest BCUT2D eigenvalue weighted by atomic mass is 10.0. The number of amides is 1. The number of aryl methyl sites for hydroxylation is 1. The summed E-state index contributed by atoms with van der Waals surface area (Å²) in [6.07, 6.45) is 3.62. The Hall–Kier alpha value is -3.21. The van der Waals surface area contributed by atoms with Crippen LogP contribution in [0.4, 0.5) is 15.8 Å². The molecule has 4 nitrogen and oxygen atoms in total. The van der Waals surface area contributed by atoms with E-state index in [1.54, 1.807) is 24.4 Å². The van der Waals surface area contributed by atoms with Crippen LogP contribution in [0.15, 0.2) is 66.9 Å². The van der Waals surface area contributed by atoms with Crippen LogP contribution in [-0.2, 0) is 13.0 Å². The van der Waals surface area contributed by atoms with Gasteiger partial charge >= 0.3 is 0 Å². The molecule has 3 aromatic rings. The van der Waals surface area contributed by atoms with E-state index in [1.807, 2.05) is 29.2 Å². The maximum absolute atomic E-state index is 12.9. The summed E-state index contributed by atoms with van der Waals surface area (Å²) in [6.45, 7) is 1.27. The van der Waals surface area contributed by atoms with Crippen LogP contribution >= 0.6 is 0 Å². The Bertz CT molecular complexity index is 939. The van der Waals surface area contributed by atoms with Gasteiger partial charge in [-0.15, -0.1) is 0 Å². The molecule has 5 heteroatoms. The predicted molar refractivity (Wildman–Crippen MR) is 104 cm³/mol. The summed E-state index contributed by atoms with van der Waals surface area (Å²) >= 11 is 0. The highest BCUT2D eigenvalue weighted by atomic mass is 19.1. The summed E-state index contributed by atoms with van der Waals surface area (Å²) < 4.78 is 12.9. The second-order valence-electron chi connectivity index (χ2n) is 6.60. The van der Waals surface area contributed by atoms with Crippen molar-refractivity contribution in [2.45, 2.75) is 19.4 Å². The molecule has 0 saturated carbocycles. The topological polar surface area (TPSA) is 45.2 Å². The Labute approximate surface area is 157 Å². The minimum absolute atomic E-state index is 0.0766. The van der Waals surface area contributed by atoms with Gasteiger partial charge in [0.15, 0.2) is 0 Å². The maximum Gasteiger partial charge on any atom is 0.276 e. The number of halogens is 1. The average molecular weight is 361 g/mol. The first kappa shape index (κ1) is 17.2. The molecule has 0 aliphatic carbocycles. The molecule has 0 saturated heterocycles. The molecule has 0 bridgehead atoms. The molecule has 27 heavy (non-hydrogen) atoms. The van der Waals surface area contributed by atoms with E-state index >= 15 is 0 Å². The third-order valence-corrected chi connectivity index (χ3v) is 4.75. The zero-order valence-electron chi connectivity index (χ0n) is 14.9. The van der Waals surface area contributed by atoms with Crippen molar-refractivity contribution < 1.29 is 9.18 Å². The van der Waals surface area contributed by atoms with Gasteiger partial charge in [-0.05, 0) is 54.3 Å². The van der Waals surface area contributed by atoms with Gasteiger partial charge in [-0.3, -0.25) is 4.79 Å². The Morgan fingerprint density at radius 1 is 1.07 bits per heavy atom. The van der Waals surface area contributed by atoms with Gasteiger partial charge in [0.05, 0.1) is 11.9 Å². The monoisotopic (exact) mass is 361 g/mol. The van der Waals surface area contributed by atoms with Gasteiger partial charge in [-0.2, -0.15) is 0 Å².